The molecule has 30 heteroatoms. The minimum absolute atomic E-state index is 0.0112. The van der Waals surface area contributed by atoms with E-state index in [1.807, 2.05) is 169 Å². The van der Waals surface area contributed by atoms with Crippen LogP contribution in [0.4, 0.5) is 23.3 Å². The van der Waals surface area contributed by atoms with Crippen molar-refractivity contribution in [3.8, 4) is 5.75 Å². The van der Waals surface area contributed by atoms with Gasteiger partial charge in [-0.15, -0.1) is 0 Å². The maximum Gasteiger partial charge on any atom is 0.276 e. The number of halogens is 1. The molecule has 7 atom stereocenters. The van der Waals surface area contributed by atoms with Crippen molar-refractivity contribution in [2.45, 2.75) is 92.8 Å². The van der Waals surface area contributed by atoms with Gasteiger partial charge >= 0.3 is 0 Å². The van der Waals surface area contributed by atoms with Crippen molar-refractivity contribution in [2.75, 3.05) is 84.2 Å². The van der Waals surface area contributed by atoms with Crippen molar-refractivity contribution < 1.29 is 13.2 Å². The molecule has 0 aliphatic heterocycles. The Bertz CT molecular complexity index is 5800. The summed E-state index contributed by atoms with van der Waals surface area (Å²) in [5, 5.41) is 39.4. The third-order valence-electron chi connectivity index (χ3n) is 19.2. The summed E-state index contributed by atoms with van der Waals surface area (Å²) in [7, 11) is 21.0. The highest BCUT2D eigenvalue weighted by Crippen LogP contribution is 2.33. The number of anilines is 4. The van der Waals surface area contributed by atoms with Crippen LogP contribution >= 0.6 is 11.6 Å². The second kappa shape index (κ2) is 37.2. The molecule has 0 saturated carbocycles. The summed E-state index contributed by atoms with van der Waals surface area (Å²) in [4.78, 5) is 71.3. The highest BCUT2D eigenvalue weighted by molar-refractivity contribution is 7.91. The summed E-state index contributed by atoms with van der Waals surface area (Å²) in [6.07, 6.45) is 9.00. The number of hydrogen-bond acceptors (Lipinski definition) is 23. The van der Waals surface area contributed by atoms with Crippen LogP contribution < -0.4 is 48.2 Å². The predicted molar refractivity (Wildman–Crippen MR) is 450 cm³/mol. The van der Waals surface area contributed by atoms with E-state index in [0.717, 1.165) is 38.4 Å². The topological polar surface area (TPSA) is 300 Å². The average molecular weight is 1570 g/mol. The molecule has 8 aromatic heterocycles. The molecule has 0 bridgehead atoms. The number of benzene rings is 5. The second-order valence-corrected chi connectivity index (χ2v) is 31.2. The number of rotatable bonds is 24. The monoisotopic (exact) mass is 1570 g/mol. The maximum absolute atomic E-state index is 12.9. The third kappa shape index (κ3) is 19.8. The predicted octanol–water partition coefficient (Wildman–Crippen LogP) is 11.0. The van der Waals surface area contributed by atoms with Crippen LogP contribution in [0.2, 0.25) is 5.02 Å². The summed E-state index contributed by atoms with van der Waals surface area (Å²) in [6.45, 7) is 10.8. The smallest absolute Gasteiger partial charge is 0.276 e. The van der Waals surface area contributed by atoms with Crippen LogP contribution in [-0.2, 0) is 45.1 Å². The second-order valence-electron chi connectivity index (χ2n) is 28.8. The standard InChI is InChI=1S/C25H27N5O3S.C22H29N5O2.C19H21ClN4O.C17H23N7O/c1-17(27-24-22-21(11-8-16-26-22)25(31)30(4)28-24)23(29(2)3)18-12-14-20(15-13-18)34(32,33)19-9-6-5-7-10-19;1-14(2)29-17-11-9-16(10-12-17)20(26(4)5)15(3)24-21-19-18(8-7-13-23-19)22(28)27(6)25-21;1-23(2)17(15-10-6-7-11-16(15)20)12-21-18-13-8-4-5-9-14(13)19(25)24(3)22-18;1-11(15(22(2)3)12-9-19-23(4)10-12)20-16-14-13(7-6-8-18-14)17(25)24(5)21-16/h5-17,23H,1-4H3,(H,27,28);7-15,20H,1-6H3,(H,24,25);4-11,17H,12H2,1-3H3,(H,21,22);6-11,15H,1-5H3,(H,20,21)/t17-,23+;15-,20+;;11-,15+/m00.0/s1. The van der Waals surface area contributed by atoms with E-state index in [1.165, 1.54) is 18.7 Å². The number of sulfone groups is 1. The molecule has 0 saturated heterocycles. The number of aromatic nitrogens is 13. The molecule has 0 amide bonds. The Kier molecular flexibility index (Phi) is 27.6. The van der Waals surface area contributed by atoms with E-state index in [2.05, 4.69) is 107 Å². The van der Waals surface area contributed by atoms with Crippen LogP contribution in [0.15, 0.2) is 224 Å². The zero-order valence-corrected chi connectivity index (χ0v) is 68.6. The Morgan fingerprint density at radius 1 is 0.425 bits per heavy atom. The van der Waals surface area contributed by atoms with Gasteiger partial charge in [0, 0.05) is 101 Å². The Labute approximate surface area is 662 Å². The largest absolute Gasteiger partial charge is 0.491 e. The molecule has 113 heavy (non-hydrogen) atoms. The summed E-state index contributed by atoms with van der Waals surface area (Å²) in [5.41, 5.74) is 5.32. The number of likely N-dealkylation sites (N-methyl/N-ethyl adjacent to an activating group) is 4. The zero-order chi connectivity index (χ0) is 81.7. The number of ether oxygens (including phenoxy) is 1. The first-order valence-corrected chi connectivity index (χ1v) is 38.7. The van der Waals surface area contributed by atoms with Crippen LogP contribution in [0.5, 0.6) is 5.75 Å². The van der Waals surface area contributed by atoms with E-state index < -0.39 is 9.84 Å². The number of aryl methyl sites for hydroxylation is 5. The molecule has 0 aliphatic carbocycles. The third-order valence-corrected chi connectivity index (χ3v) is 21.3. The lowest BCUT2D eigenvalue weighted by Gasteiger charge is -2.31. The van der Waals surface area contributed by atoms with Gasteiger partial charge in [-0.2, -0.15) is 25.5 Å². The van der Waals surface area contributed by atoms with E-state index in [4.69, 9.17) is 16.3 Å². The highest BCUT2D eigenvalue weighted by Gasteiger charge is 2.29. The fourth-order valence-corrected chi connectivity index (χ4v) is 15.5. The number of nitrogens with zero attached hydrogens (tertiary/aromatic N) is 17. The van der Waals surface area contributed by atoms with Gasteiger partial charge in [0.2, 0.25) is 9.84 Å². The van der Waals surface area contributed by atoms with Crippen molar-refractivity contribution in [2.24, 2.45) is 35.2 Å². The SMILES string of the molecule is CC(C)Oc1ccc([C@@H]([C@H](C)Nc2nn(C)c(=O)c3cccnc23)N(C)C)cc1.CN(C)C(CNc1nn(C)c(=O)c2ccccc12)c1ccccc1Cl.C[C@H](Nc1nn(C)c(=O)c2cccnc12)[C@H](c1ccc(S(=O)(=O)c2ccccc2)cc1)N(C)C.C[C@H](Nc1nn(C)c(=O)c2cccnc12)[C@H](c1cnn(C)c1)N(C)C. The molecule has 4 N–H and O–H groups in total. The van der Waals surface area contributed by atoms with Gasteiger partial charge in [0.1, 0.15) is 22.3 Å². The van der Waals surface area contributed by atoms with Gasteiger partial charge in [-0.3, -0.25) is 38.8 Å². The summed E-state index contributed by atoms with van der Waals surface area (Å²) in [6, 6.07) is 49.4. The van der Waals surface area contributed by atoms with Gasteiger partial charge in [0.25, 0.3) is 22.2 Å². The van der Waals surface area contributed by atoms with Gasteiger partial charge in [-0.1, -0.05) is 90.5 Å². The molecule has 0 spiro atoms. The average Bonchev–Trinajstić information content (AvgIpc) is 1.05. The van der Waals surface area contributed by atoms with Crippen LogP contribution in [0.1, 0.15) is 81.0 Å². The van der Waals surface area contributed by atoms with Gasteiger partial charge < -0.3 is 45.6 Å². The molecule has 5 aromatic carbocycles. The van der Waals surface area contributed by atoms with E-state index in [1.54, 1.807) is 130 Å². The van der Waals surface area contributed by atoms with Crippen molar-refractivity contribution in [3.63, 3.8) is 0 Å². The molecule has 592 valence electrons. The van der Waals surface area contributed by atoms with Crippen LogP contribution in [0.25, 0.3) is 43.5 Å². The molecule has 13 aromatic rings. The Morgan fingerprint density at radius 2 is 0.796 bits per heavy atom. The number of pyridine rings is 3. The van der Waals surface area contributed by atoms with Crippen LogP contribution in [0.3, 0.4) is 0 Å². The fraction of sp³-hybridized carbons (Fsp3) is 0.325. The first-order chi connectivity index (χ1) is 53.8. The number of hydrogen-bond donors (Lipinski definition) is 4. The first kappa shape index (κ1) is 83.9. The van der Waals surface area contributed by atoms with Gasteiger partial charge in [-0.25, -0.2) is 27.1 Å². The lowest BCUT2D eigenvalue weighted by atomic mass is 9.99. The molecule has 8 heterocycles. The number of nitrogens with one attached hydrogen (secondary N) is 4. The van der Waals surface area contributed by atoms with Gasteiger partial charge in [-0.05, 0) is 193 Å². The number of fused-ring (bicyclic) bond motifs is 4. The van der Waals surface area contributed by atoms with Crippen LogP contribution in [0, 0.1) is 0 Å². The van der Waals surface area contributed by atoms with Crippen molar-refractivity contribution in [3.05, 3.63) is 263 Å². The van der Waals surface area contributed by atoms with Gasteiger partial charge in [0.15, 0.2) is 23.3 Å². The molecular formula is C83H100ClN21O7S. The van der Waals surface area contributed by atoms with Crippen molar-refractivity contribution >= 4 is 88.2 Å². The summed E-state index contributed by atoms with van der Waals surface area (Å²) in [5.74, 6) is 3.26. The Morgan fingerprint density at radius 3 is 1.20 bits per heavy atom. The molecular weight excluding hydrogens is 1470 g/mol. The lowest BCUT2D eigenvalue weighted by Crippen LogP contribution is -2.35. The Balaban J connectivity index is 0.000000161. The quantitative estimate of drug-likeness (QED) is 0.0437. The fourth-order valence-electron chi connectivity index (χ4n) is 14.0. The summed E-state index contributed by atoms with van der Waals surface area (Å²) >= 11 is 6.37. The molecule has 13 rings (SSSR count). The maximum atomic E-state index is 12.9. The minimum Gasteiger partial charge on any atom is -0.491 e. The Hall–Kier alpha value is -11.6. The van der Waals surface area contributed by atoms with Crippen molar-refractivity contribution in [1.82, 2.24) is 83.5 Å². The van der Waals surface area contributed by atoms with E-state index >= 15 is 0 Å². The molecule has 1 unspecified atom stereocenters. The van der Waals surface area contributed by atoms with E-state index in [-0.39, 0.29) is 80.4 Å². The first-order valence-electron chi connectivity index (χ1n) is 36.9. The highest BCUT2D eigenvalue weighted by atomic mass is 35.5. The van der Waals surface area contributed by atoms with Crippen molar-refractivity contribution in [1.29, 1.82) is 0 Å². The normalized spacial score (nSPS) is 13.5. The minimum atomic E-state index is -3.58. The molecule has 0 aliphatic rings. The lowest BCUT2D eigenvalue weighted by molar-refractivity contribution is 0.241. The van der Waals surface area contributed by atoms with E-state index in [0.29, 0.717) is 67.9 Å². The van der Waals surface area contributed by atoms with Gasteiger partial charge in [0.05, 0.1) is 67.8 Å². The van der Waals surface area contributed by atoms with Crippen LogP contribution in [-0.4, -0.2) is 179 Å². The molecule has 0 radical (unpaired) electrons. The zero-order valence-electron chi connectivity index (χ0n) is 67.0. The summed E-state index contributed by atoms with van der Waals surface area (Å²) < 4.78 is 38.8. The molecule has 0 fully saturated rings. The molecule has 28 nitrogen and oxygen atoms in total. The van der Waals surface area contributed by atoms with E-state index in [9.17, 15) is 27.6 Å².